The molecule has 2 aromatic carbocycles. The molecule has 0 heterocycles. The largest absolute Gasteiger partial charge is 0.417 e. The van der Waals surface area contributed by atoms with E-state index in [4.69, 9.17) is 23.2 Å². The van der Waals surface area contributed by atoms with Crippen LogP contribution in [0.2, 0.25) is 10.0 Å². The minimum Gasteiger partial charge on any atom is -0.294 e. The molecule has 1 unspecified atom stereocenters. The second kappa shape index (κ2) is 9.35. The number of halogens is 11. The van der Waals surface area contributed by atoms with Gasteiger partial charge in [0.25, 0.3) is 6.43 Å². The SMILES string of the molecule is CC(=O)c1ccc(/C(F)=C/C(c2cc(Cl)c(Cl)c(C(F)F)c2)C(F)(F)F)cc1C(F)(F)F. The Labute approximate surface area is 185 Å². The molecule has 2 rings (SSSR count). The van der Waals surface area contributed by atoms with Crippen molar-refractivity contribution in [3.63, 3.8) is 0 Å². The van der Waals surface area contributed by atoms with E-state index < -0.39 is 74.2 Å². The van der Waals surface area contributed by atoms with E-state index in [1.165, 1.54) is 0 Å². The van der Waals surface area contributed by atoms with Crippen LogP contribution < -0.4 is 0 Å². The van der Waals surface area contributed by atoms with Crippen molar-refractivity contribution in [2.45, 2.75) is 31.6 Å². The van der Waals surface area contributed by atoms with Gasteiger partial charge in [-0.05, 0) is 36.8 Å². The zero-order valence-electron chi connectivity index (χ0n) is 15.7. The van der Waals surface area contributed by atoms with Crippen molar-refractivity contribution in [2.75, 3.05) is 0 Å². The summed E-state index contributed by atoms with van der Waals surface area (Å²) in [6.45, 7) is 0.834. The maximum absolute atomic E-state index is 14.6. The number of hydrogen-bond donors (Lipinski definition) is 0. The van der Waals surface area contributed by atoms with Crippen LogP contribution in [0.5, 0.6) is 0 Å². The van der Waals surface area contributed by atoms with E-state index in [1.807, 2.05) is 0 Å². The van der Waals surface area contributed by atoms with E-state index in [0.29, 0.717) is 24.3 Å². The van der Waals surface area contributed by atoms with Crippen LogP contribution in [0.15, 0.2) is 36.4 Å². The monoisotopic (exact) mass is 508 g/mol. The van der Waals surface area contributed by atoms with Crippen LogP contribution >= 0.6 is 23.2 Å². The van der Waals surface area contributed by atoms with Crippen LogP contribution in [0, 0.1) is 0 Å². The second-order valence-corrected chi connectivity index (χ2v) is 7.34. The molecule has 12 heteroatoms. The normalized spacial score (nSPS) is 14.1. The molecule has 32 heavy (non-hydrogen) atoms. The van der Waals surface area contributed by atoms with E-state index in [1.54, 1.807) is 0 Å². The van der Waals surface area contributed by atoms with Gasteiger partial charge < -0.3 is 0 Å². The summed E-state index contributed by atoms with van der Waals surface area (Å²) >= 11 is 11.2. The summed E-state index contributed by atoms with van der Waals surface area (Å²) in [6, 6.07) is 2.52. The van der Waals surface area contributed by atoms with Crippen molar-refractivity contribution in [1.29, 1.82) is 0 Å². The third-order valence-electron chi connectivity index (χ3n) is 4.32. The first kappa shape index (κ1) is 26.1. The lowest BCUT2D eigenvalue weighted by atomic mass is 9.94. The molecule has 0 amide bonds. The number of rotatable bonds is 5. The van der Waals surface area contributed by atoms with Gasteiger partial charge in [-0.15, -0.1) is 0 Å². The summed E-state index contributed by atoms with van der Waals surface area (Å²) in [7, 11) is 0. The van der Waals surface area contributed by atoms with Crippen LogP contribution in [-0.2, 0) is 6.18 Å². The molecular weight excluding hydrogens is 498 g/mol. The van der Waals surface area contributed by atoms with Crippen LogP contribution in [0.4, 0.5) is 39.5 Å². The molecule has 0 fully saturated rings. The van der Waals surface area contributed by atoms with Crippen LogP contribution in [0.3, 0.4) is 0 Å². The number of carbonyl (C=O) groups excluding carboxylic acids is 1. The minimum absolute atomic E-state index is 0.0717. The molecule has 0 aromatic heterocycles. The van der Waals surface area contributed by atoms with Crippen molar-refractivity contribution in [2.24, 2.45) is 0 Å². The quantitative estimate of drug-likeness (QED) is 0.291. The topological polar surface area (TPSA) is 17.1 Å². The average Bonchev–Trinajstić information content (AvgIpc) is 2.65. The van der Waals surface area contributed by atoms with Gasteiger partial charge in [0, 0.05) is 16.7 Å². The van der Waals surface area contributed by atoms with Gasteiger partial charge in [-0.2, -0.15) is 26.3 Å². The smallest absolute Gasteiger partial charge is 0.294 e. The predicted molar refractivity (Wildman–Crippen MR) is 101 cm³/mol. The summed E-state index contributed by atoms with van der Waals surface area (Å²) in [5.41, 5.74) is -5.15. The van der Waals surface area contributed by atoms with E-state index in [0.717, 1.165) is 6.92 Å². The highest BCUT2D eigenvalue weighted by molar-refractivity contribution is 6.42. The molecule has 0 aliphatic rings. The maximum Gasteiger partial charge on any atom is 0.417 e. The molecule has 0 saturated heterocycles. The molecule has 0 aliphatic carbocycles. The Morgan fingerprint density at radius 1 is 1.00 bits per heavy atom. The molecule has 2 aromatic rings. The van der Waals surface area contributed by atoms with Crippen molar-refractivity contribution in [3.8, 4) is 0 Å². The van der Waals surface area contributed by atoms with E-state index >= 15 is 0 Å². The molecule has 0 N–H and O–H groups in total. The molecule has 0 saturated carbocycles. The fourth-order valence-corrected chi connectivity index (χ4v) is 3.25. The lowest BCUT2D eigenvalue weighted by molar-refractivity contribution is -0.140. The maximum atomic E-state index is 14.6. The Kier molecular flexibility index (Phi) is 7.61. The molecular formula is C20H11Cl2F9O. The summed E-state index contributed by atoms with van der Waals surface area (Å²) in [5, 5.41) is -1.34. The molecule has 0 spiro atoms. The summed E-state index contributed by atoms with van der Waals surface area (Å²) < 4.78 is 121. The second-order valence-electron chi connectivity index (χ2n) is 6.55. The summed E-state index contributed by atoms with van der Waals surface area (Å²) in [6.07, 6.45) is -13.7. The highest BCUT2D eigenvalue weighted by Gasteiger charge is 2.41. The third kappa shape index (κ3) is 5.78. The zero-order chi connectivity index (χ0) is 24.6. The van der Waals surface area contributed by atoms with E-state index in [-0.39, 0.29) is 12.1 Å². The third-order valence-corrected chi connectivity index (χ3v) is 5.14. The van der Waals surface area contributed by atoms with Crippen LogP contribution in [-0.4, -0.2) is 12.0 Å². The van der Waals surface area contributed by atoms with Crippen molar-refractivity contribution in [3.05, 3.63) is 74.3 Å². The summed E-state index contributed by atoms with van der Waals surface area (Å²) in [4.78, 5) is 11.4. The lowest BCUT2D eigenvalue weighted by Gasteiger charge is -2.20. The molecule has 1 nitrogen and oxygen atoms in total. The fourth-order valence-electron chi connectivity index (χ4n) is 2.83. The molecule has 1 atom stereocenters. The predicted octanol–water partition coefficient (Wildman–Crippen LogP) is 8.81. The molecule has 0 radical (unpaired) electrons. The number of benzene rings is 2. The standard InChI is InChI=1S/C20H11Cl2F9O/c1-8(32)11-3-2-9(5-14(11)20(29,30)31)16(23)7-13(19(26,27)28)10-4-12(18(24)25)17(22)15(21)6-10/h2-7,13,18H,1H3/b16-7-. The lowest BCUT2D eigenvalue weighted by Crippen LogP contribution is -2.19. The van der Waals surface area contributed by atoms with Gasteiger partial charge >= 0.3 is 12.4 Å². The highest BCUT2D eigenvalue weighted by Crippen LogP contribution is 2.43. The van der Waals surface area contributed by atoms with Gasteiger partial charge in [-0.1, -0.05) is 35.3 Å². The molecule has 174 valence electrons. The number of alkyl halides is 8. The number of ketones is 1. The first-order valence-electron chi connectivity index (χ1n) is 8.47. The van der Waals surface area contributed by atoms with E-state index in [2.05, 4.69) is 0 Å². The summed E-state index contributed by atoms with van der Waals surface area (Å²) in [5.74, 6) is -5.55. The van der Waals surface area contributed by atoms with Gasteiger partial charge in [0.1, 0.15) is 11.7 Å². The number of hydrogen-bond acceptors (Lipinski definition) is 1. The fraction of sp³-hybridized carbons (Fsp3) is 0.250. The van der Waals surface area contributed by atoms with Crippen molar-refractivity contribution < 1.29 is 44.3 Å². The Morgan fingerprint density at radius 3 is 2.06 bits per heavy atom. The van der Waals surface area contributed by atoms with Crippen LogP contribution in [0.1, 0.15) is 51.9 Å². The van der Waals surface area contributed by atoms with Gasteiger partial charge in [0.2, 0.25) is 0 Å². The zero-order valence-corrected chi connectivity index (χ0v) is 17.2. The van der Waals surface area contributed by atoms with E-state index in [9.17, 15) is 44.3 Å². The Bertz CT molecular complexity index is 1060. The Morgan fingerprint density at radius 2 is 1.59 bits per heavy atom. The average molecular weight is 509 g/mol. The first-order valence-corrected chi connectivity index (χ1v) is 9.23. The number of Topliss-reactive ketones (excluding diaryl/α,β-unsaturated/α-hetero) is 1. The Balaban J connectivity index is 2.66. The van der Waals surface area contributed by atoms with Gasteiger partial charge in [0.15, 0.2) is 5.78 Å². The Hall–Kier alpha value is -2.20. The molecule has 0 bridgehead atoms. The first-order chi connectivity index (χ1) is 14.5. The molecule has 0 aliphatic heterocycles. The van der Waals surface area contributed by atoms with Crippen LogP contribution in [0.25, 0.3) is 5.83 Å². The number of carbonyl (C=O) groups is 1. The van der Waals surface area contributed by atoms with Crippen molar-refractivity contribution >= 4 is 34.8 Å². The van der Waals surface area contributed by atoms with Gasteiger partial charge in [0.05, 0.1) is 15.6 Å². The van der Waals surface area contributed by atoms with Gasteiger partial charge in [-0.3, -0.25) is 4.79 Å². The van der Waals surface area contributed by atoms with Crippen molar-refractivity contribution in [1.82, 2.24) is 0 Å². The highest BCUT2D eigenvalue weighted by atomic mass is 35.5. The van der Waals surface area contributed by atoms with Gasteiger partial charge in [-0.25, -0.2) is 13.2 Å². The minimum atomic E-state index is -5.22. The number of allylic oxidation sites excluding steroid dienone is 1.